The van der Waals surface area contributed by atoms with Crippen molar-refractivity contribution in [3.63, 3.8) is 0 Å². The molecule has 2 aliphatic heterocycles. The summed E-state index contributed by atoms with van der Waals surface area (Å²) >= 11 is 0. The molecule has 1 aromatic carbocycles. The molecule has 38 heavy (non-hydrogen) atoms. The number of benzene rings is 1. The number of fused-ring (bicyclic) bond motifs is 3. The third-order valence-corrected chi connectivity index (χ3v) is 10.4. The number of esters is 1. The second kappa shape index (κ2) is 11.1. The Bertz CT molecular complexity index is 1180. The van der Waals surface area contributed by atoms with Crippen LogP contribution < -0.4 is 5.56 Å². The highest BCUT2D eigenvalue weighted by Gasteiger charge is 2.45. The van der Waals surface area contributed by atoms with Crippen LogP contribution in [0.5, 0.6) is 0 Å². The molecule has 1 unspecified atom stereocenters. The van der Waals surface area contributed by atoms with Gasteiger partial charge in [-0.05, 0) is 63.5 Å². The fourth-order valence-electron chi connectivity index (χ4n) is 8.62. The lowest BCUT2D eigenvalue weighted by atomic mass is 9.71. The number of nitrogens with zero attached hydrogens (tertiary/aromatic N) is 3. The minimum atomic E-state index is -0.625. The molecule has 3 heterocycles. The van der Waals surface area contributed by atoms with E-state index in [4.69, 9.17) is 9.72 Å². The van der Waals surface area contributed by atoms with Gasteiger partial charge in [-0.15, -0.1) is 0 Å². The quantitative estimate of drug-likeness (QED) is 0.431. The van der Waals surface area contributed by atoms with Crippen LogP contribution in [0.25, 0.3) is 11.0 Å². The Balaban J connectivity index is 1.33. The Kier molecular flexibility index (Phi) is 7.61. The summed E-state index contributed by atoms with van der Waals surface area (Å²) in [5, 5.41) is 0. The molecule has 0 N–H and O–H groups in total. The van der Waals surface area contributed by atoms with E-state index in [9.17, 15) is 9.59 Å². The summed E-state index contributed by atoms with van der Waals surface area (Å²) in [6.07, 6.45) is 19.3. The maximum atomic E-state index is 14.2. The SMILES string of the molecule is COC(=O)C1(Cc2nc3ccccc3n(C3C[C@H]4CC[C@@H](C3)N4C3CCCCCCC3)c2=O)CCCCC1. The smallest absolute Gasteiger partial charge is 0.312 e. The van der Waals surface area contributed by atoms with Crippen LogP contribution in [0.15, 0.2) is 29.1 Å². The number of methoxy groups -OCH3 is 1. The van der Waals surface area contributed by atoms with E-state index in [2.05, 4.69) is 15.5 Å². The molecule has 6 nitrogen and oxygen atoms in total. The van der Waals surface area contributed by atoms with Gasteiger partial charge in [0.05, 0.1) is 23.6 Å². The van der Waals surface area contributed by atoms with Crippen LogP contribution in [0.1, 0.15) is 114 Å². The molecule has 6 rings (SSSR count). The Labute approximate surface area is 227 Å². The Hall–Kier alpha value is -2.21. The van der Waals surface area contributed by atoms with Crippen molar-refractivity contribution >= 4 is 17.0 Å². The minimum absolute atomic E-state index is 0.0151. The number of hydrogen-bond donors (Lipinski definition) is 0. The number of piperidine rings is 1. The number of aromatic nitrogens is 2. The van der Waals surface area contributed by atoms with E-state index in [-0.39, 0.29) is 17.6 Å². The number of hydrogen-bond acceptors (Lipinski definition) is 5. The molecular weight excluding hydrogens is 474 g/mol. The predicted octanol–water partition coefficient (Wildman–Crippen LogP) is 6.34. The van der Waals surface area contributed by atoms with Gasteiger partial charge in [-0.25, -0.2) is 4.98 Å². The van der Waals surface area contributed by atoms with E-state index >= 15 is 0 Å². The number of carbonyl (C=O) groups is 1. The van der Waals surface area contributed by atoms with Crippen molar-refractivity contribution in [1.29, 1.82) is 0 Å². The third-order valence-electron chi connectivity index (χ3n) is 10.4. The highest BCUT2D eigenvalue weighted by Crippen LogP contribution is 2.45. The monoisotopic (exact) mass is 519 g/mol. The molecular formula is C32H45N3O3. The molecule has 2 saturated carbocycles. The van der Waals surface area contributed by atoms with Gasteiger partial charge >= 0.3 is 5.97 Å². The van der Waals surface area contributed by atoms with Crippen molar-refractivity contribution in [2.45, 2.75) is 133 Å². The van der Waals surface area contributed by atoms with Gasteiger partial charge in [0.2, 0.25) is 0 Å². The van der Waals surface area contributed by atoms with Crippen molar-refractivity contribution in [1.82, 2.24) is 14.5 Å². The summed E-state index contributed by atoms with van der Waals surface area (Å²) in [5.74, 6) is -0.177. The van der Waals surface area contributed by atoms with Crippen LogP contribution in [0.4, 0.5) is 0 Å². The molecule has 2 saturated heterocycles. The van der Waals surface area contributed by atoms with Gasteiger partial charge in [0, 0.05) is 30.6 Å². The highest BCUT2D eigenvalue weighted by molar-refractivity contribution is 5.78. The fourth-order valence-corrected chi connectivity index (χ4v) is 8.62. The van der Waals surface area contributed by atoms with Crippen molar-refractivity contribution in [2.24, 2.45) is 5.41 Å². The number of ether oxygens (including phenoxy) is 1. The third kappa shape index (κ3) is 4.82. The Morgan fingerprint density at radius 2 is 1.50 bits per heavy atom. The summed E-state index contributed by atoms with van der Waals surface area (Å²) in [5.41, 5.74) is 1.75. The normalized spacial score (nSPS) is 28.6. The van der Waals surface area contributed by atoms with E-state index < -0.39 is 5.41 Å². The maximum absolute atomic E-state index is 14.2. The van der Waals surface area contributed by atoms with Gasteiger partial charge in [-0.3, -0.25) is 14.5 Å². The van der Waals surface area contributed by atoms with Gasteiger partial charge in [-0.1, -0.05) is 63.5 Å². The number of para-hydroxylation sites is 2. The molecule has 206 valence electrons. The molecule has 0 radical (unpaired) electrons. The lowest BCUT2D eigenvalue weighted by Gasteiger charge is -2.45. The van der Waals surface area contributed by atoms with Crippen molar-refractivity contribution in [2.75, 3.05) is 7.11 Å². The van der Waals surface area contributed by atoms with Crippen LogP contribution in [-0.2, 0) is 16.0 Å². The summed E-state index contributed by atoms with van der Waals surface area (Å²) in [4.78, 5) is 35.1. The van der Waals surface area contributed by atoms with Gasteiger partial charge in [-0.2, -0.15) is 0 Å². The lowest BCUT2D eigenvalue weighted by molar-refractivity contribution is -0.155. The topological polar surface area (TPSA) is 64.4 Å². The molecule has 0 spiro atoms. The first-order chi connectivity index (χ1) is 18.6. The minimum Gasteiger partial charge on any atom is -0.469 e. The summed E-state index contributed by atoms with van der Waals surface area (Å²) in [6, 6.07) is 10.2. The van der Waals surface area contributed by atoms with Crippen molar-refractivity contribution in [3.05, 3.63) is 40.3 Å². The zero-order valence-corrected chi connectivity index (χ0v) is 23.2. The molecule has 2 bridgehead atoms. The fraction of sp³-hybridized carbons (Fsp3) is 0.719. The first kappa shape index (κ1) is 26.0. The largest absolute Gasteiger partial charge is 0.469 e. The molecule has 2 aliphatic carbocycles. The average molecular weight is 520 g/mol. The van der Waals surface area contributed by atoms with Gasteiger partial charge in [0.15, 0.2) is 0 Å². The summed E-state index contributed by atoms with van der Waals surface area (Å²) in [6.45, 7) is 0. The maximum Gasteiger partial charge on any atom is 0.312 e. The molecule has 0 amide bonds. The molecule has 1 aromatic heterocycles. The standard InChI is InChI=1S/C32H45N3O3/c1-38-31(37)32(18-10-5-11-19-32)22-28-30(36)35(29-15-9-8-14-27(29)33-28)26-20-24-16-17-25(21-26)34(24)23-12-6-3-2-4-7-13-23/h8-9,14-15,23-26H,2-7,10-13,16-22H2,1H3/t24-,25+,26?. The first-order valence-electron chi connectivity index (χ1n) is 15.5. The van der Waals surface area contributed by atoms with Crippen LogP contribution >= 0.6 is 0 Å². The van der Waals surface area contributed by atoms with Gasteiger partial charge < -0.3 is 9.30 Å². The van der Waals surface area contributed by atoms with Crippen LogP contribution in [0.2, 0.25) is 0 Å². The van der Waals surface area contributed by atoms with E-state index in [1.807, 2.05) is 18.2 Å². The number of rotatable bonds is 5. The average Bonchev–Trinajstić information content (AvgIpc) is 3.17. The lowest BCUT2D eigenvalue weighted by Crippen LogP contribution is -2.50. The van der Waals surface area contributed by atoms with Crippen molar-refractivity contribution in [3.8, 4) is 0 Å². The van der Waals surface area contributed by atoms with Crippen LogP contribution in [0, 0.1) is 5.41 Å². The first-order valence-corrected chi connectivity index (χ1v) is 15.5. The van der Waals surface area contributed by atoms with E-state index in [1.54, 1.807) is 0 Å². The number of carbonyl (C=O) groups excluding carboxylic acids is 1. The zero-order chi connectivity index (χ0) is 26.1. The van der Waals surface area contributed by atoms with Crippen LogP contribution in [0.3, 0.4) is 0 Å². The molecule has 4 fully saturated rings. The van der Waals surface area contributed by atoms with E-state index in [1.165, 1.54) is 64.9 Å². The molecule has 2 aromatic rings. The Morgan fingerprint density at radius 3 is 2.18 bits per heavy atom. The summed E-state index contributed by atoms with van der Waals surface area (Å²) in [7, 11) is 1.48. The highest BCUT2D eigenvalue weighted by atomic mass is 16.5. The second-order valence-electron chi connectivity index (χ2n) is 12.7. The van der Waals surface area contributed by atoms with Crippen LogP contribution in [-0.4, -0.2) is 45.7 Å². The predicted molar refractivity (Wildman–Crippen MR) is 150 cm³/mol. The zero-order valence-electron chi connectivity index (χ0n) is 23.2. The molecule has 6 heteroatoms. The molecule has 4 aliphatic rings. The molecule has 3 atom stereocenters. The van der Waals surface area contributed by atoms with Gasteiger partial charge in [0.1, 0.15) is 5.69 Å². The Morgan fingerprint density at radius 1 is 0.868 bits per heavy atom. The van der Waals surface area contributed by atoms with E-state index in [0.717, 1.165) is 62.0 Å². The second-order valence-corrected chi connectivity index (χ2v) is 12.7. The van der Waals surface area contributed by atoms with Gasteiger partial charge in [0.25, 0.3) is 5.56 Å². The van der Waals surface area contributed by atoms with Crippen molar-refractivity contribution < 1.29 is 9.53 Å². The summed E-state index contributed by atoms with van der Waals surface area (Å²) < 4.78 is 7.37. The van der Waals surface area contributed by atoms with E-state index in [0.29, 0.717) is 24.2 Å².